The third-order valence-electron chi connectivity index (χ3n) is 3.51. The molecule has 1 heterocycles. The predicted octanol–water partition coefficient (Wildman–Crippen LogP) is 5.21. The van der Waals surface area contributed by atoms with Crippen LogP contribution >= 0.6 is 15.9 Å². The highest BCUT2D eigenvalue weighted by Crippen LogP contribution is 2.28. The molecule has 4 aromatic rings. The van der Waals surface area contributed by atoms with E-state index in [1.165, 1.54) is 0 Å². The van der Waals surface area contributed by atoms with Crippen LogP contribution in [0.2, 0.25) is 0 Å². The molecule has 0 fully saturated rings. The highest BCUT2D eigenvalue weighted by atomic mass is 79.9. The number of halogens is 1. The van der Waals surface area contributed by atoms with Crippen molar-refractivity contribution in [3.05, 3.63) is 71.2 Å². The maximum Gasteiger partial charge on any atom is 0.0972 e. The number of nitrogens with zero attached hydrogens (tertiary/aromatic N) is 2. The van der Waals surface area contributed by atoms with Gasteiger partial charge < -0.3 is 0 Å². The molecule has 0 atom stereocenters. The molecule has 0 unspecified atom stereocenters. The molecular weight excluding hydrogens is 324 g/mol. The first-order valence-electron chi connectivity index (χ1n) is 6.73. The van der Waals surface area contributed by atoms with E-state index in [0.717, 1.165) is 37.7 Å². The van der Waals surface area contributed by atoms with Gasteiger partial charge in [-0.2, -0.15) is 0 Å². The molecular formula is C18H11BrN2. The van der Waals surface area contributed by atoms with E-state index in [1.54, 1.807) is 0 Å². The van der Waals surface area contributed by atoms with Crippen LogP contribution in [0.25, 0.3) is 33.2 Å². The number of hydrogen-bond acceptors (Lipinski definition) is 2. The summed E-state index contributed by atoms with van der Waals surface area (Å²) in [6.45, 7) is 0. The summed E-state index contributed by atoms with van der Waals surface area (Å²) in [7, 11) is 0. The van der Waals surface area contributed by atoms with Gasteiger partial charge in [0.2, 0.25) is 0 Å². The number of para-hydroxylation sites is 1. The Balaban J connectivity index is 2.07. The van der Waals surface area contributed by atoms with Crippen LogP contribution in [0.4, 0.5) is 0 Å². The van der Waals surface area contributed by atoms with Crippen LogP contribution in [0, 0.1) is 0 Å². The van der Waals surface area contributed by atoms with E-state index in [1.807, 2.05) is 48.5 Å². The van der Waals surface area contributed by atoms with Gasteiger partial charge in [-0.15, -0.1) is 0 Å². The summed E-state index contributed by atoms with van der Waals surface area (Å²) in [4.78, 5) is 9.54. The first kappa shape index (κ1) is 12.5. The van der Waals surface area contributed by atoms with Gasteiger partial charge in [0, 0.05) is 10.0 Å². The lowest BCUT2D eigenvalue weighted by atomic mass is 10.0. The van der Waals surface area contributed by atoms with Gasteiger partial charge in [-0.05, 0) is 29.8 Å². The van der Waals surface area contributed by atoms with Crippen molar-refractivity contribution in [2.24, 2.45) is 0 Å². The van der Waals surface area contributed by atoms with E-state index in [-0.39, 0.29) is 0 Å². The van der Waals surface area contributed by atoms with Gasteiger partial charge in [0.05, 0.1) is 22.1 Å². The standard InChI is InChI=1S/C18H11BrN2/c19-13-9-10-15-17(11-13)20-16-8-4-7-14(18(16)21-15)12-5-2-1-3-6-12/h1-11H. The molecule has 3 heteroatoms. The lowest BCUT2D eigenvalue weighted by molar-refractivity contribution is 1.39. The minimum absolute atomic E-state index is 0.905. The van der Waals surface area contributed by atoms with E-state index in [2.05, 4.69) is 34.1 Å². The third-order valence-corrected chi connectivity index (χ3v) is 4.00. The van der Waals surface area contributed by atoms with Gasteiger partial charge >= 0.3 is 0 Å². The van der Waals surface area contributed by atoms with Crippen molar-refractivity contribution in [2.45, 2.75) is 0 Å². The Morgan fingerprint density at radius 3 is 2.38 bits per heavy atom. The van der Waals surface area contributed by atoms with Gasteiger partial charge in [0.1, 0.15) is 0 Å². The van der Waals surface area contributed by atoms with Gasteiger partial charge in [-0.25, -0.2) is 9.97 Å². The molecule has 0 N–H and O–H groups in total. The van der Waals surface area contributed by atoms with Crippen LogP contribution in [-0.4, -0.2) is 9.97 Å². The fourth-order valence-corrected chi connectivity index (χ4v) is 2.87. The first-order chi connectivity index (χ1) is 10.3. The molecule has 0 aliphatic rings. The fourth-order valence-electron chi connectivity index (χ4n) is 2.52. The number of rotatable bonds is 1. The quantitative estimate of drug-likeness (QED) is 0.446. The Bertz CT molecular complexity index is 949. The largest absolute Gasteiger partial charge is 0.244 e. The van der Waals surface area contributed by atoms with Crippen LogP contribution in [0.15, 0.2) is 71.2 Å². The zero-order chi connectivity index (χ0) is 14.2. The second-order valence-electron chi connectivity index (χ2n) is 4.90. The van der Waals surface area contributed by atoms with Crippen molar-refractivity contribution in [3.63, 3.8) is 0 Å². The summed E-state index contributed by atoms with van der Waals surface area (Å²) < 4.78 is 1.02. The van der Waals surface area contributed by atoms with E-state index in [0.29, 0.717) is 0 Å². The van der Waals surface area contributed by atoms with Crippen molar-refractivity contribution in [1.29, 1.82) is 0 Å². The number of aromatic nitrogens is 2. The molecule has 21 heavy (non-hydrogen) atoms. The zero-order valence-electron chi connectivity index (χ0n) is 11.1. The first-order valence-corrected chi connectivity index (χ1v) is 7.52. The molecule has 0 radical (unpaired) electrons. The van der Waals surface area contributed by atoms with Crippen molar-refractivity contribution in [3.8, 4) is 11.1 Å². The molecule has 3 aromatic carbocycles. The van der Waals surface area contributed by atoms with E-state index >= 15 is 0 Å². The Morgan fingerprint density at radius 2 is 1.52 bits per heavy atom. The molecule has 2 nitrogen and oxygen atoms in total. The third kappa shape index (κ3) is 2.20. The monoisotopic (exact) mass is 334 g/mol. The molecule has 4 rings (SSSR count). The number of benzene rings is 3. The van der Waals surface area contributed by atoms with Crippen molar-refractivity contribution in [1.82, 2.24) is 9.97 Å². The lowest BCUT2D eigenvalue weighted by Crippen LogP contribution is -1.90. The van der Waals surface area contributed by atoms with Crippen molar-refractivity contribution >= 4 is 38.0 Å². The Morgan fingerprint density at radius 1 is 0.667 bits per heavy atom. The van der Waals surface area contributed by atoms with Gasteiger partial charge in [0.25, 0.3) is 0 Å². The van der Waals surface area contributed by atoms with Crippen LogP contribution < -0.4 is 0 Å². The van der Waals surface area contributed by atoms with Crippen molar-refractivity contribution in [2.75, 3.05) is 0 Å². The summed E-state index contributed by atoms with van der Waals surface area (Å²) in [5.74, 6) is 0. The molecule has 0 aliphatic heterocycles. The smallest absolute Gasteiger partial charge is 0.0972 e. The molecule has 0 saturated heterocycles. The maximum atomic E-state index is 4.81. The second kappa shape index (κ2) is 4.93. The van der Waals surface area contributed by atoms with Crippen molar-refractivity contribution < 1.29 is 0 Å². The Kier molecular flexibility index (Phi) is 2.93. The molecule has 0 saturated carbocycles. The van der Waals surface area contributed by atoms with E-state index < -0.39 is 0 Å². The van der Waals surface area contributed by atoms with Gasteiger partial charge in [-0.3, -0.25) is 0 Å². The molecule has 0 bridgehead atoms. The molecule has 1 aromatic heterocycles. The average molecular weight is 335 g/mol. The normalized spacial score (nSPS) is 11.1. The highest BCUT2D eigenvalue weighted by Gasteiger charge is 2.07. The maximum absolute atomic E-state index is 4.81. The Hall–Kier alpha value is -2.26. The lowest BCUT2D eigenvalue weighted by Gasteiger charge is -2.07. The van der Waals surface area contributed by atoms with Gasteiger partial charge in [-0.1, -0.05) is 58.4 Å². The SMILES string of the molecule is Brc1ccc2nc3c(-c4ccccc4)cccc3nc2c1. The van der Waals surface area contributed by atoms with Crippen LogP contribution in [0.1, 0.15) is 0 Å². The van der Waals surface area contributed by atoms with Crippen LogP contribution in [0.5, 0.6) is 0 Å². The second-order valence-corrected chi connectivity index (χ2v) is 5.81. The Labute approximate surface area is 130 Å². The zero-order valence-corrected chi connectivity index (χ0v) is 12.7. The summed E-state index contributed by atoms with van der Waals surface area (Å²) >= 11 is 3.48. The molecule has 0 amide bonds. The van der Waals surface area contributed by atoms with Crippen LogP contribution in [0.3, 0.4) is 0 Å². The minimum atomic E-state index is 0.905. The summed E-state index contributed by atoms with van der Waals surface area (Å²) in [5.41, 5.74) is 5.95. The number of fused-ring (bicyclic) bond motifs is 2. The predicted molar refractivity (Wildman–Crippen MR) is 90.2 cm³/mol. The van der Waals surface area contributed by atoms with Crippen LogP contribution in [-0.2, 0) is 0 Å². The summed E-state index contributed by atoms with van der Waals surface area (Å²) in [6, 6.07) is 22.4. The van der Waals surface area contributed by atoms with E-state index in [9.17, 15) is 0 Å². The van der Waals surface area contributed by atoms with Gasteiger partial charge in [0.15, 0.2) is 0 Å². The summed E-state index contributed by atoms with van der Waals surface area (Å²) in [6.07, 6.45) is 0. The molecule has 0 aliphatic carbocycles. The molecule has 0 spiro atoms. The fraction of sp³-hybridized carbons (Fsp3) is 0. The average Bonchev–Trinajstić information content (AvgIpc) is 2.53. The summed E-state index contributed by atoms with van der Waals surface area (Å²) in [5, 5.41) is 0. The van der Waals surface area contributed by atoms with E-state index in [4.69, 9.17) is 9.97 Å². The minimum Gasteiger partial charge on any atom is -0.244 e. The molecule has 100 valence electrons. The number of hydrogen-bond donors (Lipinski definition) is 0. The topological polar surface area (TPSA) is 25.8 Å². The highest BCUT2D eigenvalue weighted by molar-refractivity contribution is 9.10.